The molecule has 10 heteroatoms. The zero-order valence-corrected chi connectivity index (χ0v) is 24.4. The van der Waals surface area contributed by atoms with Gasteiger partial charge in [-0.05, 0) is 55.9 Å². The number of nitrogens with zero attached hydrogens (tertiary/aromatic N) is 1. The highest BCUT2D eigenvalue weighted by atomic mass is 19.3. The van der Waals surface area contributed by atoms with Gasteiger partial charge in [-0.2, -0.15) is 0 Å². The number of amides is 1. The molecular weight excluding hydrogens is 549 g/mol. The number of methoxy groups -OCH3 is 1. The van der Waals surface area contributed by atoms with Gasteiger partial charge in [-0.25, -0.2) is 22.9 Å². The van der Waals surface area contributed by atoms with Crippen molar-refractivity contribution in [1.82, 2.24) is 10.3 Å². The molecule has 0 spiro atoms. The Balaban J connectivity index is 1.77. The van der Waals surface area contributed by atoms with E-state index in [0.717, 1.165) is 18.1 Å². The zero-order valence-electron chi connectivity index (χ0n) is 24.4. The van der Waals surface area contributed by atoms with Crippen LogP contribution in [0.2, 0.25) is 0 Å². The van der Waals surface area contributed by atoms with Crippen LogP contribution in [-0.2, 0) is 28.3 Å². The summed E-state index contributed by atoms with van der Waals surface area (Å²) in [5, 5.41) is 12.7. The molecule has 4 atom stereocenters. The molecule has 0 fully saturated rings. The molecule has 1 heterocycles. The summed E-state index contributed by atoms with van der Waals surface area (Å²) in [6.45, 7) is 6.08. The Hall–Kier alpha value is -4.08. The number of alkyl halides is 2. The lowest BCUT2D eigenvalue weighted by molar-refractivity contribution is -0.153. The van der Waals surface area contributed by atoms with Crippen molar-refractivity contribution in [1.29, 1.82) is 0 Å². The van der Waals surface area contributed by atoms with Crippen molar-refractivity contribution in [2.45, 2.75) is 65.0 Å². The van der Waals surface area contributed by atoms with Crippen LogP contribution < -0.4 is 10.1 Å². The summed E-state index contributed by atoms with van der Waals surface area (Å²) in [5.74, 6) is -5.40. The Morgan fingerprint density at radius 3 is 2.17 bits per heavy atom. The predicted octanol–water partition coefficient (Wildman–Crippen LogP) is 6.22. The summed E-state index contributed by atoms with van der Waals surface area (Å²) in [6, 6.07) is 12.6. The van der Waals surface area contributed by atoms with E-state index in [9.17, 15) is 27.9 Å². The molecule has 2 N–H and O–H groups in total. The van der Waals surface area contributed by atoms with E-state index in [0.29, 0.717) is 19.3 Å². The third-order valence-corrected chi connectivity index (χ3v) is 7.40. The molecule has 3 rings (SSSR count). The van der Waals surface area contributed by atoms with E-state index in [-0.39, 0.29) is 34.7 Å². The van der Waals surface area contributed by atoms with Gasteiger partial charge in [0, 0.05) is 30.7 Å². The summed E-state index contributed by atoms with van der Waals surface area (Å²) in [4.78, 5) is 29.6. The van der Waals surface area contributed by atoms with Crippen molar-refractivity contribution >= 4 is 11.9 Å². The number of halogens is 3. The van der Waals surface area contributed by atoms with Gasteiger partial charge in [-0.3, -0.25) is 4.79 Å². The fourth-order valence-corrected chi connectivity index (χ4v) is 4.91. The molecule has 226 valence electrons. The fourth-order valence-electron chi connectivity index (χ4n) is 4.91. The maximum absolute atomic E-state index is 13.7. The van der Waals surface area contributed by atoms with Crippen LogP contribution in [0, 0.1) is 17.7 Å². The molecule has 1 amide bonds. The predicted molar refractivity (Wildman–Crippen MR) is 152 cm³/mol. The number of pyridine rings is 1. The SMILES string of the molecule is CC[C@H](Cc1ccc(C(C)(F)F)cc1)[C@@H](Cc1ccc(F)cc1)[C@H](C)OC(=O)[C@H](C)NC(=O)c1nccc(OC)c1O. The second kappa shape index (κ2) is 14.2. The van der Waals surface area contributed by atoms with Gasteiger partial charge < -0.3 is 19.9 Å². The number of hydrogen-bond acceptors (Lipinski definition) is 6. The molecule has 1 aromatic heterocycles. The summed E-state index contributed by atoms with van der Waals surface area (Å²) < 4.78 is 51.8. The van der Waals surface area contributed by atoms with Gasteiger partial charge in [0.1, 0.15) is 18.0 Å². The molecule has 42 heavy (non-hydrogen) atoms. The summed E-state index contributed by atoms with van der Waals surface area (Å²) >= 11 is 0. The topological polar surface area (TPSA) is 97.8 Å². The first-order valence-corrected chi connectivity index (χ1v) is 13.8. The van der Waals surface area contributed by atoms with Gasteiger partial charge >= 0.3 is 5.97 Å². The number of carbonyl (C=O) groups is 2. The lowest BCUT2D eigenvalue weighted by atomic mass is 9.78. The van der Waals surface area contributed by atoms with Crippen LogP contribution in [0.3, 0.4) is 0 Å². The van der Waals surface area contributed by atoms with Crippen LogP contribution in [0.1, 0.15) is 61.3 Å². The number of nitrogens with one attached hydrogen (secondary N) is 1. The van der Waals surface area contributed by atoms with Crippen LogP contribution >= 0.6 is 0 Å². The lowest BCUT2D eigenvalue weighted by Gasteiger charge is -2.32. The number of aromatic nitrogens is 1. The van der Waals surface area contributed by atoms with E-state index in [4.69, 9.17) is 9.47 Å². The van der Waals surface area contributed by atoms with Crippen molar-refractivity contribution in [2.24, 2.45) is 11.8 Å². The van der Waals surface area contributed by atoms with Gasteiger partial charge in [0.15, 0.2) is 17.2 Å². The van der Waals surface area contributed by atoms with Gasteiger partial charge in [-0.15, -0.1) is 0 Å². The summed E-state index contributed by atoms with van der Waals surface area (Å²) in [7, 11) is 1.34. The standard InChI is InChI=1S/C32H37F3N2O5/c1-6-23(17-21-7-11-24(12-8-21)32(4,34)35)26(18-22-9-13-25(33)14-10-22)20(3)42-31(40)19(2)37-30(39)28-29(38)27(41-5)15-16-36-28/h7-16,19-20,23,26,38H,6,17-18H2,1-5H3,(H,37,39)/t19-,20-,23+,26-/m0/s1. The van der Waals surface area contributed by atoms with Crippen molar-refractivity contribution in [2.75, 3.05) is 7.11 Å². The van der Waals surface area contributed by atoms with Crippen molar-refractivity contribution in [3.05, 3.63) is 89.0 Å². The van der Waals surface area contributed by atoms with Crippen molar-refractivity contribution in [3.8, 4) is 11.5 Å². The Kier molecular flexibility index (Phi) is 11.0. The lowest BCUT2D eigenvalue weighted by Crippen LogP contribution is -2.42. The van der Waals surface area contributed by atoms with E-state index in [2.05, 4.69) is 10.3 Å². The molecule has 0 radical (unpaired) electrons. The first kappa shape index (κ1) is 32.4. The molecule has 2 aromatic carbocycles. The fraction of sp³-hybridized carbons (Fsp3) is 0.406. The van der Waals surface area contributed by atoms with Gasteiger partial charge in [0.2, 0.25) is 0 Å². The molecule has 7 nitrogen and oxygen atoms in total. The third kappa shape index (κ3) is 8.47. The van der Waals surface area contributed by atoms with Crippen LogP contribution in [0.4, 0.5) is 13.2 Å². The number of benzene rings is 2. The van der Waals surface area contributed by atoms with Crippen LogP contribution in [0.5, 0.6) is 11.5 Å². The molecule has 0 aliphatic carbocycles. The maximum atomic E-state index is 13.7. The Morgan fingerprint density at radius 2 is 1.60 bits per heavy atom. The minimum atomic E-state index is -2.94. The van der Waals surface area contributed by atoms with Crippen molar-refractivity contribution < 1.29 is 37.3 Å². The average Bonchev–Trinajstić information content (AvgIpc) is 2.95. The van der Waals surface area contributed by atoms with E-state index in [1.165, 1.54) is 50.6 Å². The number of aromatic hydroxyl groups is 1. The van der Waals surface area contributed by atoms with Crippen LogP contribution in [-0.4, -0.2) is 41.2 Å². The highest BCUT2D eigenvalue weighted by Gasteiger charge is 2.31. The first-order chi connectivity index (χ1) is 19.8. The zero-order chi connectivity index (χ0) is 31.0. The smallest absolute Gasteiger partial charge is 0.328 e. The minimum absolute atomic E-state index is 0.0198. The quantitative estimate of drug-likeness (QED) is 0.231. The number of hydrogen-bond donors (Lipinski definition) is 2. The minimum Gasteiger partial charge on any atom is -0.503 e. The molecule has 0 aliphatic heterocycles. The van der Waals surface area contributed by atoms with E-state index in [1.54, 1.807) is 31.2 Å². The number of carbonyl (C=O) groups excluding carboxylic acids is 2. The average molecular weight is 587 g/mol. The van der Waals surface area contributed by atoms with Gasteiger partial charge in [0.05, 0.1) is 7.11 Å². The van der Waals surface area contributed by atoms with E-state index >= 15 is 0 Å². The Morgan fingerprint density at radius 1 is 1.00 bits per heavy atom. The maximum Gasteiger partial charge on any atom is 0.328 e. The van der Waals surface area contributed by atoms with E-state index < -0.39 is 35.7 Å². The molecule has 0 bridgehead atoms. The molecule has 0 saturated carbocycles. The van der Waals surface area contributed by atoms with Gasteiger partial charge in [-0.1, -0.05) is 49.7 Å². The molecule has 0 aliphatic rings. The Bertz CT molecular complexity index is 1340. The second-order valence-corrected chi connectivity index (χ2v) is 10.5. The van der Waals surface area contributed by atoms with Gasteiger partial charge in [0.25, 0.3) is 11.8 Å². The molecule has 0 unspecified atom stereocenters. The normalized spacial score (nSPS) is 14.4. The molecule has 3 aromatic rings. The Labute approximate surface area is 244 Å². The first-order valence-electron chi connectivity index (χ1n) is 13.8. The van der Waals surface area contributed by atoms with Crippen LogP contribution in [0.25, 0.3) is 0 Å². The highest BCUT2D eigenvalue weighted by molar-refractivity contribution is 5.97. The summed E-state index contributed by atoms with van der Waals surface area (Å²) in [5.41, 5.74) is 1.35. The number of esters is 1. The summed E-state index contributed by atoms with van der Waals surface area (Å²) in [6.07, 6.45) is 2.40. The largest absolute Gasteiger partial charge is 0.503 e. The molecular formula is C32H37F3N2O5. The molecule has 0 saturated heterocycles. The number of ether oxygens (including phenoxy) is 2. The highest BCUT2D eigenvalue weighted by Crippen LogP contribution is 2.32. The van der Waals surface area contributed by atoms with Crippen LogP contribution in [0.15, 0.2) is 60.8 Å². The van der Waals surface area contributed by atoms with E-state index in [1.807, 2.05) is 6.92 Å². The third-order valence-electron chi connectivity index (χ3n) is 7.40. The van der Waals surface area contributed by atoms with Crippen molar-refractivity contribution in [3.63, 3.8) is 0 Å². The number of rotatable bonds is 13. The monoisotopic (exact) mass is 586 g/mol. The second-order valence-electron chi connectivity index (χ2n) is 10.5.